The van der Waals surface area contributed by atoms with Gasteiger partial charge in [0.05, 0.1) is 23.5 Å². The number of hydrogen-bond acceptors (Lipinski definition) is 5. The number of carbonyl (C=O) groups is 1. The van der Waals surface area contributed by atoms with Gasteiger partial charge in [-0.2, -0.15) is 0 Å². The maximum Gasteiger partial charge on any atom is 0.145 e. The molecule has 0 N–H and O–H groups in total. The van der Waals surface area contributed by atoms with Gasteiger partial charge in [0.25, 0.3) is 0 Å². The molecule has 1 aliphatic heterocycles. The molecule has 7 heteroatoms. The van der Waals surface area contributed by atoms with Crippen molar-refractivity contribution in [1.82, 2.24) is 9.97 Å². The molecule has 1 atom stereocenters. The maximum atomic E-state index is 13.5. The second-order valence-electron chi connectivity index (χ2n) is 8.61. The molecule has 2 aromatic carbocycles. The highest BCUT2D eigenvalue weighted by Gasteiger charge is 2.28. The van der Waals surface area contributed by atoms with E-state index < -0.39 is 0 Å². The Labute approximate surface area is 208 Å². The molecule has 4 aromatic rings. The Morgan fingerprint density at radius 3 is 2.62 bits per heavy atom. The highest BCUT2D eigenvalue weighted by molar-refractivity contribution is 6.35. The third-order valence-electron chi connectivity index (χ3n) is 6.13. The molecule has 172 valence electrons. The highest BCUT2D eigenvalue weighted by Crippen LogP contribution is 2.38. The van der Waals surface area contributed by atoms with E-state index in [-0.39, 0.29) is 18.1 Å². The average Bonchev–Trinajstić information content (AvgIpc) is 2.82. The molecule has 0 spiro atoms. The number of benzene rings is 2. The number of anilines is 1. The lowest BCUT2D eigenvalue weighted by atomic mass is 9.86. The predicted molar refractivity (Wildman–Crippen MR) is 137 cm³/mol. The average molecular weight is 492 g/mol. The molecule has 2 aromatic heterocycles. The molecule has 0 bridgehead atoms. The Morgan fingerprint density at radius 2 is 1.85 bits per heavy atom. The third-order valence-corrected chi connectivity index (χ3v) is 6.56. The molecule has 0 saturated heterocycles. The fourth-order valence-corrected chi connectivity index (χ4v) is 5.23. The van der Waals surface area contributed by atoms with E-state index in [4.69, 9.17) is 32.9 Å². The molecule has 5 nitrogen and oxygen atoms in total. The van der Waals surface area contributed by atoms with Crippen LogP contribution < -0.4 is 9.64 Å². The third kappa shape index (κ3) is 4.22. The highest BCUT2D eigenvalue weighted by atomic mass is 35.5. The van der Waals surface area contributed by atoms with E-state index in [0.717, 1.165) is 39.0 Å². The summed E-state index contributed by atoms with van der Waals surface area (Å²) in [6, 6.07) is 15.1. The lowest BCUT2D eigenvalue weighted by Crippen LogP contribution is -2.23. The number of para-hydroxylation sites is 1. The van der Waals surface area contributed by atoms with Crippen LogP contribution in [0.5, 0.6) is 5.75 Å². The number of nitrogens with zero attached hydrogens (tertiary/aromatic N) is 3. The van der Waals surface area contributed by atoms with Gasteiger partial charge in [-0.05, 0) is 36.8 Å². The number of aromatic nitrogens is 2. The Hall–Kier alpha value is -3.15. The second kappa shape index (κ2) is 9.24. The molecule has 3 heterocycles. The van der Waals surface area contributed by atoms with Gasteiger partial charge in [0, 0.05) is 70.9 Å². The van der Waals surface area contributed by atoms with Crippen molar-refractivity contribution in [3.63, 3.8) is 0 Å². The zero-order chi connectivity index (χ0) is 23.8. The molecular formula is C27H23Cl2N3O2. The van der Waals surface area contributed by atoms with Crippen molar-refractivity contribution in [2.75, 3.05) is 25.6 Å². The standard InChI is InChI=1S/C27H23Cl2N3O2/c1-32(2)27-17(13-23(33)20-8-10-34-24-6-4-3-5-21(20)24)15-31-26-22(27)7-9-30-25(26)16-11-18(28)14-19(29)12-16/h3-7,9,11-12,14-15,20H,8,10,13H2,1-2H3/t20-/m1/s1. The van der Waals surface area contributed by atoms with Crippen LogP contribution in [0.3, 0.4) is 0 Å². The van der Waals surface area contributed by atoms with E-state index in [1.807, 2.05) is 61.5 Å². The molecule has 0 radical (unpaired) electrons. The van der Waals surface area contributed by atoms with E-state index in [1.165, 1.54) is 0 Å². The van der Waals surface area contributed by atoms with Crippen LogP contribution in [0.25, 0.3) is 22.2 Å². The number of halogens is 2. The Bertz CT molecular complexity index is 1380. The van der Waals surface area contributed by atoms with Crippen LogP contribution >= 0.6 is 23.2 Å². The smallest absolute Gasteiger partial charge is 0.145 e. The summed E-state index contributed by atoms with van der Waals surface area (Å²) in [5, 5.41) is 1.99. The fraction of sp³-hybridized carbons (Fsp3) is 0.222. The zero-order valence-corrected chi connectivity index (χ0v) is 20.4. The molecule has 0 unspecified atom stereocenters. The number of rotatable bonds is 5. The van der Waals surface area contributed by atoms with E-state index in [1.54, 1.807) is 18.5 Å². The van der Waals surface area contributed by atoms with Crippen LogP contribution in [0.4, 0.5) is 5.69 Å². The molecular weight excluding hydrogens is 469 g/mol. The van der Waals surface area contributed by atoms with Gasteiger partial charge in [-0.15, -0.1) is 0 Å². The molecule has 0 saturated carbocycles. The van der Waals surface area contributed by atoms with Crippen LogP contribution in [-0.4, -0.2) is 36.5 Å². The number of pyridine rings is 2. The van der Waals surface area contributed by atoms with Gasteiger partial charge in [-0.3, -0.25) is 14.8 Å². The van der Waals surface area contributed by atoms with Crippen molar-refractivity contribution in [2.45, 2.75) is 18.8 Å². The van der Waals surface area contributed by atoms with Crippen LogP contribution in [0.15, 0.2) is 60.9 Å². The van der Waals surface area contributed by atoms with E-state index in [9.17, 15) is 4.79 Å². The van der Waals surface area contributed by atoms with E-state index in [0.29, 0.717) is 28.8 Å². The summed E-state index contributed by atoms with van der Waals surface area (Å²) >= 11 is 12.5. The van der Waals surface area contributed by atoms with Gasteiger partial charge in [0.2, 0.25) is 0 Å². The van der Waals surface area contributed by atoms with E-state index in [2.05, 4.69) is 4.98 Å². The Morgan fingerprint density at radius 1 is 1.09 bits per heavy atom. The van der Waals surface area contributed by atoms with Crippen LogP contribution in [0.1, 0.15) is 23.5 Å². The quantitative estimate of drug-likeness (QED) is 0.325. The fourth-order valence-electron chi connectivity index (χ4n) is 4.70. The first-order chi connectivity index (χ1) is 16.4. The number of hydrogen-bond donors (Lipinski definition) is 0. The Balaban J connectivity index is 1.57. The maximum absolute atomic E-state index is 13.5. The van der Waals surface area contributed by atoms with Crippen molar-refractivity contribution in [2.24, 2.45) is 0 Å². The normalized spacial score (nSPS) is 15.0. The van der Waals surface area contributed by atoms with Crippen molar-refractivity contribution >= 4 is 45.6 Å². The van der Waals surface area contributed by atoms with Crippen molar-refractivity contribution in [3.8, 4) is 17.0 Å². The van der Waals surface area contributed by atoms with Gasteiger partial charge in [0.15, 0.2) is 0 Å². The van der Waals surface area contributed by atoms with Crippen LogP contribution in [0, 0.1) is 0 Å². The molecule has 34 heavy (non-hydrogen) atoms. The first-order valence-electron chi connectivity index (χ1n) is 11.1. The molecule has 5 rings (SSSR count). The number of Topliss-reactive ketones (excluding diaryl/α,β-unsaturated/α-hetero) is 1. The predicted octanol–water partition coefficient (Wildman–Crippen LogP) is 6.35. The molecule has 0 amide bonds. The van der Waals surface area contributed by atoms with Gasteiger partial charge < -0.3 is 9.64 Å². The van der Waals surface area contributed by atoms with Gasteiger partial charge in [-0.25, -0.2) is 0 Å². The van der Waals surface area contributed by atoms with Gasteiger partial charge in [-0.1, -0.05) is 41.4 Å². The van der Waals surface area contributed by atoms with Crippen LogP contribution in [-0.2, 0) is 11.2 Å². The van der Waals surface area contributed by atoms with E-state index >= 15 is 0 Å². The summed E-state index contributed by atoms with van der Waals surface area (Å²) in [6.07, 6.45) is 4.51. The van der Waals surface area contributed by atoms with Crippen molar-refractivity contribution in [1.29, 1.82) is 0 Å². The largest absolute Gasteiger partial charge is 0.493 e. The summed E-state index contributed by atoms with van der Waals surface area (Å²) in [5.74, 6) is 0.778. The Kier molecular flexibility index (Phi) is 6.15. The van der Waals surface area contributed by atoms with Gasteiger partial charge in [0.1, 0.15) is 11.5 Å². The lowest BCUT2D eigenvalue weighted by Gasteiger charge is -2.26. The van der Waals surface area contributed by atoms with Crippen molar-refractivity contribution in [3.05, 3.63) is 82.1 Å². The SMILES string of the molecule is CN(C)c1c(CC(=O)[C@@H]2CCOc3ccccc32)cnc2c(-c3cc(Cl)cc(Cl)c3)nccc12. The molecule has 1 aliphatic rings. The minimum Gasteiger partial charge on any atom is -0.493 e. The molecule has 0 fully saturated rings. The first kappa shape index (κ1) is 22.6. The first-order valence-corrected chi connectivity index (χ1v) is 11.8. The number of fused-ring (bicyclic) bond motifs is 2. The number of carbonyl (C=O) groups excluding carboxylic acids is 1. The minimum atomic E-state index is -0.183. The summed E-state index contributed by atoms with van der Waals surface area (Å²) < 4.78 is 5.75. The zero-order valence-electron chi connectivity index (χ0n) is 18.9. The summed E-state index contributed by atoms with van der Waals surface area (Å²) in [6.45, 7) is 0.543. The van der Waals surface area contributed by atoms with Gasteiger partial charge >= 0.3 is 0 Å². The molecule has 0 aliphatic carbocycles. The number of ketones is 1. The van der Waals surface area contributed by atoms with Crippen molar-refractivity contribution < 1.29 is 9.53 Å². The summed E-state index contributed by atoms with van der Waals surface area (Å²) in [5.41, 5.74) is 5.02. The lowest BCUT2D eigenvalue weighted by molar-refractivity contribution is -0.120. The van der Waals surface area contributed by atoms with Crippen LogP contribution in [0.2, 0.25) is 10.0 Å². The summed E-state index contributed by atoms with van der Waals surface area (Å²) in [7, 11) is 3.95. The number of ether oxygens (including phenoxy) is 1. The topological polar surface area (TPSA) is 55.3 Å². The monoisotopic (exact) mass is 491 g/mol. The minimum absolute atomic E-state index is 0.163. The second-order valence-corrected chi connectivity index (χ2v) is 9.48. The summed E-state index contributed by atoms with van der Waals surface area (Å²) in [4.78, 5) is 24.8.